The topological polar surface area (TPSA) is 42.7 Å². The summed E-state index contributed by atoms with van der Waals surface area (Å²) >= 11 is 6.32. The van der Waals surface area contributed by atoms with Gasteiger partial charge in [-0.2, -0.15) is 5.10 Å². The lowest BCUT2D eigenvalue weighted by Gasteiger charge is -2.22. The Hall–Kier alpha value is -0.610. The Morgan fingerprint density at radius 3 is 2.63 bits per heavy atom. The Morgan fingerprint density at radius 1 is 1.37 bits per heavy atom. The van der Waals surface area contributed by atoms with E-state index in [2.05, 4.69) is 50.0 Å². The fraction of sp³-hybridized carbons (Fsp3) is 0.857. The molecule has 0 radical (unpaired) electrons. The second-order valence-electron chi connectivity index (χ2n) is 6.75. The Balaban J connectivity index is 2.35. The van der Waals surface area contributed by atoms with Crippen molar-refractivity contribution in [1.82, 2.24) is 20.1 Å². The predicted molar refractivity (Wildman–Crippen MR) is 80.3 cm³/mol. The molecule has 4 nitrogen and oxygen atoms in total. The molecule has 0 saturated heterocycles. The van der Waals surface area contributed by atoms with Crippen molar-refractivity contribution in [2.45, 2.75) is 59.5 Å². The van der Waals surface area contributed by atoms with E-state index in [0.717, 1.165) is 31.9 Å². The quantitative estimate of drug-likeness (QED) is 0.784. The summed E-state index contributed by atoms with van der Waals surface area (Å²) in [5, 5.41) is 7.77. The highest BCUT2D eigenvalue weighted by Gasteiger charge is 2.16. The Bertz CT molecular complexity index is 368. The minimum atomic E-state index is 0.154. The highest BCUT2D eigenvalue weighted by molar-refractivity contribution is 6.20. The zero-order chi connectivity index (χ0) is 14.5. The van der Waals surface area contributed by atoms with Crippen molar-refractivity contribution in [2.75, 3.05) is 6.54 Å². The SMILES string of the molecule is CC(C)Cn1ncnc1CNCC(Cl)CC(C)(C)C. The van der Waals surface area contributed by atoms with Crippen LogP contribution in [0.5, 0.6) is 0 Å². The largest absolute Gasteiger partial charge is 0.308 e. The van der Waals surface area contributed by atoms with Gasteiger partial charge in [-0.25, -0.2) is 9.67 Å². The first-order chi connectivity index (χ1) is 8.78. The van der Waals surface area contributed by atoms with Crippen LogP contribution in [-0.4, -0.2) is 26.7 Å². The molecule has 110 valence electrons. The van der Waals surface area contributed by atoms with Crippen molar-refractivity contribution in [3.8, 4) is 0 Å². The van der Waals surface area contributed by atoms with E-state index in [4.69, 9.17) is 11.6 Å². The highest BCUT2D eigenvalue weighted by Crippen LogP contribution is 2.23. The lowest BCUT2D eigenvalue weighted by atomic mass is 9.90. The van der Waals surface area contributed by atoms with Crippen LogP contribution in [0.25, 0.3) is 0 Å². The van der Waals surface area contributed by atoms with Gasteiger partial charge in [-0.05, 0) is 17.8 Å². The molecule has 1 rings (SSSR count). The number of nitrogens with zero attached hydrogens (tertiary/aromatic N) is 3. The maximum absolute atomic E-state index is 6.32. The molecule has 1 N–H and O–H groups in total. The average molecular weight is 287 g/mol. The fourth-order valence-corrected chi connectivity index (χ4v) is 2.57. The third-order valence-corrected chi connectivity index (χ3v) is 3.03. The monoisotopic (exact) mass is 286 g/mol. The van der Waals surface area contributed by atoms with Crippen LogP contribution in [0.15, 0.2) is 6.33 Å². The van der Waals surface area contributed by atoms with E-state index in [1.807, 2.05) is 4.68 Å². The van der Waals surface area contributed by atoms with Gasteiger partial charge < -0.3 is 5.32 Å². The van der Waals surface area contributed by atoms with Gasteiger partial charge in [-0.1, -0.05) is 34.6 Å². The van der Waals surface area contributed by atoms with Crippen LogP contribution in [0, 0.1) is 11.3 Å². The standard InChI is InChI=1S/C14H27ClN4/c1-11(2)9-19-13(17-10-18-19)8-16-7-12(15)6-14(3,4)5/h10-12,16H,6-9H2,1-5H3. The van der Waals surface area contributed by atoms with Gasteiger partial charge in [-0.15, -0.1) is 11.6 Å². The number of hydrogen-bond acceptors (Lipinski definition) is 3. The van der Waals surface area contributed by atoms with E-state index in [9.17, 15) is 0 Å². The number of hydrogen-bond donors (Lipinski definition) is 1. The molecule has 1 aromatic rings. The van der Waals surface area contributed by atoms with Gasteiger partial charge in [-0.3, -0.25) is 0 Å². The van der Waals surface area contributed by atoms with Crippen molar-refractivity contribution in [3.63, 3.8) is 0 Å². The van der Waals surface area contributed by atoms with Gasteiger partial charge in [0.1, 0.15) is 12.2 Å². The van der Waals surface area contributed by atoms with Crippen LogP contribution in [0.2, 0.25) is 0 Å². The van der Waals surface area contributed by atoms with Crippen LogP contribution in [0.4, 0.5) is 0 Å². The normalized spacial score (nSPS) is 14.1. The van der Waals surface area contributed by atoms with Gasteiger partial charge >= 0.3 is 0 Å². The molecule has 0 aliphatic heterocycles. The minimum absolute atomic E-state index is 0.154. The number of nitrogens with one attached hydrogen (secondary N) is 1. The number of rotatable bonds is 7. The molecule has 0 fully saturated rings. The van der Waals surface area contributed by atoms with E-state index < -0.39 is 0 Å². The Labute approximate surface area is 121 Å². The number of alkyl halides is 1. The summed E-state index contributed by atoms with van der Waals surface area (Å²) in [6, 6.07) is 0. The van der Waals surface area contributed by atoms with Crippen molar-refractivity contribution < 1.29 is 0 Å². The lowest BCUT2D eigenvalue weighted by molar-refractivity contribution is 0.363. The molecule has 0 spiro atoms. The van der Waals surface area contributed by atoms with Crippen LogP contribution in [-0.2, 0) is 13.1 Å². The first-order valence-electron chi connectivity index (χ1n) is 6.99. The molecule has 0 aromatic carbocycles. The molecule has 1 unspecified atom stereocenters. The van der Waals surface area contributed by atoms with Crippen molar-refractivity contribution in [3.05, 3.63) is 12.2 Å². The summed E-state index contributed by atoms with van der Waals surface area (Å²) in [6.07, 6.45) is 2.62. The molecule has 19 heavy (non-hydrogen) atoms. The molecular weight excluding hydrogens is 260 g/mol. The number of aromatic nitrogens is 3. The molecule has 0 bridgehead atoms. The zero-order valence-electron chi connectivity index (χ0n) is 12.8. The van der Waals surface area contributed by atoms with Gasteiger partial charge in [0, 0.05) is 18.5 Å². The average Bonchev–Trinajstić information content (AvgIpc) is 2.62. The van der Waals surface area contributed by atoms with Crippen LogP contribution < -0.4 is 5.32 Å². The van der Waals surface area contributed by atoms with E-state index in [1.54, 1.807) is 6.33 Å². The minimum Gasteiger partial charge on any atom is -0.308 e. The fourth-order valence-electron chi connectivity index (χ4n) is 2.00. The van der Waals surface area contributed by atoms with Gasteiger partial charge in [0.2, 0.25) is 0 Å². The maximum atomic E-state index is 6.32. The summed E-state index contributed by atoms with van der Waals surface area (Å²) in [6.45, 7) is 13.4. The smallest absolute Gasteiger partial charge is 0.140 e. The van der Waals surface area contributed by atoms with Gasteiger partial charge in [0.15, 0.2) is 0 Å². The summed E-state index contributed by atoms with van der Waals surface area (Å²) in [4.78, 5) is 4.29. The molecule has 0 aliphatic carbocycles. The molecule has 1 aromatic heterocycles. The number of halogens is 1. The summed E-state index contributed by atoms with van der Waals surface area (Å²) in [7, 11) is 0. The van der Waals surface area contributed by atoms with Crippen molar-refractivity contribution in [2.24, 2.45) is 11.3 Å². The van der Waals surface area contributed by atoms with Crippen LogP contribution in [0.3, 0.4) is 0 Å². The first-order valence-corrected chi connectivity index (χ1v) is 7.43. The molecule has 1 atom stereocenters. The van der Waals surface area contributed by atoms with Gasteiger partial charge in [0.25, 0.3) is 0 Å². The molecular formula is C14H27ClN4. The second kappa shape index (κ2) is 7.25. The summed E-state index contributed by atoms with van der Waals surface area (Å²) in [5.41, 5.74) is 0.270. The zero-order valence-corrected chi connectivity index (χ0v) is 13.5. The predicted octanol–water partition coefficient (Wildman–Crippen LogP) is 3.07. The summed E-state index contributed by atoms with van der Waals surface area (Å²) in [5.74, 6) is 1.55. The third-order valence-electron chi connectivity index (χ3n) is 2.72. The molecule has 0 saturated carbocycles. The lowest BCUT2D eigenvalue weighted by Crippen LogP contribution is -2.27. The molecule has 5 heteroatoms. The van der Waals surface area contributed by atoms with Gasteiger partial charge in [0.05, 0.1) is 6.54 Å². The highest BCUT2D eigenvalue weighted by atomic mass is 35.5. The first kappa shape index (κ1) is 16.4. The Kier molecular flexibility index (Phi) is 6.27. The van der Waals surface area contributed by atoms with E-state index in [1.165, 1.54) is 0 Å². The van der Waals surface area contributed by atoms with E-state index >= 15 is 0 Å². The van der Waals surface area contributed by atoms with E-state index in [-0.39, 0.29) is 10.8 Å². The Morgan fingerprint density at radius 2 is 2.05 bits per heavy atom. The van der Waals surface area contributed by atoms with Crippen molar-refractivity contribution in [1.29, 1.82) is 0 Å². The molecule has 0 amide bonds. The van der Waals surface area contributed by atoms with Crippen LogP contribution in [0.1, 0.15) is 46.9 Å². The molecule has 1 heterocycles. The molecule has 0 aliphatic rings. The maximum Gasteiger partial charge on any atom is 0.140 e. The van der Waals surface area contributed by atoms with Crippen molar-refractivity contribution >= 4 is 11.6 Å². The second-order valence-corrected chi connectivity index (χ2v) is 7.36. The third kappa shape index (κ3) is 6.92. The van der Waals surface area contributed by atoms with Crippen LogP contribution >= 0.6 is 11.6 Å². The summed E-state index contributed by atoms with van der Waals surface area (Å²) < 4.78 is 1.96. The van der Waals surface area contributed by atoms with E-state index in [0.29, 0.717) is 5.92 Å².